The van der Waals surface area contributed by atoms with Gasteiger partial charge in [-0.1, -0.05) is 50.1 Å². The molecular formula is C14H19F4N. The maximum absolute atomic E-state index is 12.9. The fraction of sp³-hybridized carbons (Fsp3) is 0.571. The largest absolute Gasteiger partial charge is 0.319 e. The molecule has 108 valence electrons. The first-order valence-electron chi connectivity index (χ1n) is 6.41. The molecule has 0 radical (unpaired) electrons. The second-order valence-electron chi connectivity index (χ2n) is 4.55. The van der Waals surface area contributed by atoms with Crippen molar-refractivity contribution in [3.8, 4) is 0 Å². The standard InChI is InChI=1S/C14H19F4N/c1-2-3-9-12(11-7-5-4-6-8-11)19-10-14(17,18)13(15)16/h4-8,12-13,19H,2-3,9-10H2,1H3. The van der Waals surface area contributed by atoms with E-state index in [0.717, 1.165) is 18.4 Å². The molecule has 1 aromatic carbocycles. The molecule has 1 N–H and O–H groups in total. The van der Waals surface area contributed by atoms with Gasteiger partial charge in [0.15, 0.2) is 0 Å². The van der Waals surface area contributed by atoms with Crippen LogP contribution in [0.2, 0.25) is 0 Å². The van der Waals surface area contributed by atoms with Crippen LogP contribution in [0.25, 0.3) is 0 Å². The Morgan fingerprint density at radius 2 is 1.79 bits per heavy atom. The van der Waals surface area contributed by atoms with E-state index in [-0.39, 0.29) is 6.04 Å². The third kappa shape index (κ3) is 5.19. The zero-order valence-corrected chi connectivity index (χ0v) is 10.9. The lowest BCUT2D eigenvalue weighted by Gasteiger charge is -2.23. The number of unbranched alkanes of at least 4 members (excludes halogenated alkanes) is 1. The summed E-state index contributed by atoms with van der Waals surface area (Å²) < 4.78 is 50.1. The maximum atomic E-state index is 12.9. The average Bonchev–Trinajstić information content (AvgIpc) is 2.39. The van der Waals surface area contributed by atoms with E-state index in [1.54, 1.807) is 12.1 Å². The smallest absolute Gasteiger partial charge is 0.304 e. The van der Waals surface area contributed by atoms with Crippen LogP contribution in [0, 0.1) is 0 Å². The Balaban J connectivity index is 2.66. The van der Waals surface area contributed by atoms with Gasteiger partial charge in [-0.15, -0.1) is 0 Å². The average molecular weight is 277 g/mol. The number of hydrogen-bond acceptors (Lipinski definition) is 1. The van der Waals surface area contributed by atoms with E-state index in [0.29, 0.717) is 6.42 Å². The monoisotopic (exact) mass is 277 g/mol. The number of nitrogens with one attached hydrogen (secondary N) is 1. The molecule has 5 heteroatoms. The summed E-state index contributed by atoms with van der Waals surface area (Å²) in [6.45, 7) is 0.990. The lowest BCUT2D eigenvalue weighted by atomic mass is 10.0. The third-order valence-electron chi connectivity index (χ3n) is 2.95. The van der Waals surface area contributed by atoms with Crippen molar-refractivity contribution < 1.29 is 17.6 Å². The van der Waals surface area contributed by atoms with Gasteiger partial charge in [0.05, 0.1) is 6.54 Å². The normalized spacial score (nSPS) is 13.8. The highest BCUT2D eigenvalue weighted by Crippen LogP contribution is 2.25. The Morgan fingerprint density at radius 1 is 1.16 bits per heavy atom. The molecule has 0 saturated heterocycles. The molecule has 1 nitrogen and oxygen atoms in total. The molecule has 0 aliphatic carbocycles. The van der Waals surface area contributed by atoms with Gasteiger partial charge in [-0.25, -0.2) is 8.78 Å². The van der Waals surface area contributed by atoms with Crippen LogP contribution in [-0.4, -0.2) is 18.9 Å². The van der Waals surface area contributed by atoms with Crippen molar-refractivity contribution in [3.63, 3.8) is 0 Å². The van der Waals surface area contributed by atoms with Crippen molar-refractivity contribution in [2.45, 2.75) is 44.6 Å². The Morgan fingerprint density at radius 3 is 2.32 bits per heavy atom. The van der Waals surface area contributed by atoms with Crippen LogP contribution in [0.4, 0.5) is 17.6 Å². The molecule has 0 aliphatic rings. The first kappa shape index (κ1) is 16.0. The summed E-state index contributed by atoms with van der Waals surface area (Å²) in [6, 6.07) is 8.75. The van der Waals surface area contributed by atoms with E-state index >= 15 is 0 Å². The van der Waals surface area contributed by atoms with E-state index in [2.05, 4.69) is 5.32 Å². The quantitative estimate of drug-likeness (QED) is 0.694. The van der Waals surface area contributed by atoms with E-state index in [9.17, 15) is 17.6 Å². The zero-order valence-electron chi connectivity index (χ0n) is 10.9. The second-order valence-corrected chi connectivity index (χ2v) is 4.55. The summed E-state index contributed by atoms with van der Waals surface area (Å²) in [5.41, 5.74) is 0.848. The molecule has 1 aromatic rings. The predicted octanol–water partition coefficient (Wildman–Crippen LogP) is 4.41. The molecule has 0 bridgehead atoms. The molecule has 1 unspecified atom stereocenters. The van der Waals surface area contributed by atoms with Crippen LogP contribution in [0.1, 0.15) is 37.8 Å². The van der Waals surface area contributed by atoms with Crippen LogP contribution in [0.3, 0.4) is 0 Å². The number of alkyl halides is 4. The summed E-state index contributed by atoms with van der Waals surface area (Å²) in [5.74, 6) is -3.99. The third-order valence-corrected chi connectivity index (χ3v) is 2.95. The van der Waals surface area contributed by atoms with Crippen molar-refractivity contribution in [1.82, 2.24) is 5.32 Å². The van der Waals surface area contributed by atoms with Gasteiger partial charge in [0, 0.05) is 6.04 Å². The van der Waals surface area contributed by atoms with Crippen LogP contribution < -0.4 is 5.32 Å². The minimum absolute atomic E-state index is 0.314. The first-order chi connectivity index (χ1) is 8.97. The van der Waals surface area contributed by atoms with Crippen LogP contribution >= 0.6 is 0 Å². The highest BCUT2D eigenvalue weighted by molar-refractivity contribution is 5.18. The highest BCUT2D eigenvalue weighted by Gasteiger charge is 2.40. The minimum Gasteiger partial charge on any atom is -0.304 e. The van der Waals surface area contributed by atoms with Crippen molar-refractivity contribution in [3.05, 3.63) is 35.9 Å². The molecule has 0 saturated carbocycles. The molecule has 1 atom stereocenters. The predicted molar refractivity (Wildman–Crippen MR) is 67.7 cm³/mol. The van der Waals surface area contributed by atoms with Crippen molar-refractivity contribution >= 4 is 0 Å². The minimum atomic E-state index is -3.99. The van der Waals surface area contributed by atoms with Crippen molar-refractivity contribution in [2.24, 2.45) is 0 Å². The van der Waals surface area contributed by atoms with Gasteiger partial charge in [0.2, 0.25) is 0 Å². The number of halogens is 4. The summed E-state index contributed by atoms with van der Waals surface area (Å²) in [6.07, 6.45) is -1.20. The van der Waals surface area contributed by atoms with Gasteiger partial charge < -0.3 is 5.32 Å². The summed E-state index contributed by atoms with van der Waals surface area (Å²) in [5, 5.41) is 2.56. The lowest BCUT2D eigenvalue weighted by Crippen LogP contribution is -2.40. The molecule has 0 fully saturated rings. The number of hydrogen-bond donors (Lipinski definition) is 1. The molecule has 0 spiro atoms. The van der Waals surface area contributed by atoms with Crippen LogP contribution in [0.5, 0.6) is 0 Å². The molecule has 0 heterocycles. The zero-order chi connectivity index (χ0) is 14.3. The van der Waals surface area contributed by atoms with Gasteiger partial charge in [0.1, 0.15) is 0 Å². The Labute approximate surface area is 111 Å². The van der Waals surface area contributed by atoms with Gasteiger partial charge >= 0.3 is 12.3 Å². The van der Waals surface area contributed by atoms with Crippen LogP contribution in [-0.2, 0) is 0 Å². The summed E-state index contributed by atoms with van der Waals surface area (Å²) in [4.78, 5) is 0. The van der Waals surface area contributed by atoms with Crippen molar-refractivity contribution in [1.29, 1.82) is 0 Å². The van der Waals surface area contributed by atoms with Gasteiger partial charge in [0.25, 0.3) is 0 Å². The van der Waals surface area contributed by atoms with Gasteiger partial charge in [-0.05, 0) is 12.0 Å². The lowest BCUT2D eigenvalue weighted by molar-refractivity contribution is -0.126. The van der Waals surface area contributed by atoms with Crippen molar-refractivity contribution in [2.75, 3.05) is 6.54 Å². The maximum Gasteiger partial charge on any atom is 0.319 e. The van der Waals surface area contributed by atoms with Crippen LogP contribution in [0.15, 0.2) is 30.3 Å². The van der Waals surface area contributed by atoms with E-state index in [1.807, 2.05) is 25.1 Å². The second kappa shape index (κ2) is 7.48. The van der Waals surface area contributed by atoms with E-state index in [4.69, 9.17) is 0 Å². The summed E-state index contributed by atoms with van der Waals surface area (Å²) >= 11 is 0. The van der Waals surface area contributed by atoms with E-state index in [1.165, 1.54) is 0 Å². The number of benzene rings is 1. The highest BCUT2D eigenvalue weighted by atomic mass is 19.3. The molecule has 19 heavy (non-hydrogen) atoms. The van der Waals surface area contributed by atoms with E-state index < -0.39 is 18.9 Å². The summed E-state index contributed by atoms with van der Waals surface area (Å²) in [7, 11) is 0. The Kier molecular flexibility index (Phi) is 6.28. The van der Waals surface area contributed by atoms with Gasteiger partial charge in [-0.2, -0.15) is 8.78 Å². The topological polar surface area (TPSA) is 12.0 Å². The fourth-order valence-electron chi connectivity index (χ4n) is 1.82. The fourth-order valence-corrected chi connectivity index (χ4v) is 1.82. The Bertz CT molecular complexity index is 354. The molecule has 1 rings (SSSR count). The Hall–Kier alpha value is -1.10. The van der Waals surface area contributed by atoms with Gasteiger partial charge in [-0.3, -0.25) is 0 Å². The SMILES string of the molecule is CCCCC(NCC(F)(F)C(F)F)c1ccccc1. The molecule has 0 amide bonds. The molecule has 0 aromatic heterocycles. The number of rotatable bonds is 8. The molecular weight excluding hydrogens is 258 g/mol. The first-order valence-corrected chi connectivity index (χ1v) is 6.41. The molecule has 0 aliphatic heterocycles.